The molecule has 0 aromatic carbocycles. The van der Waals surface area contributed by atoms with Crippen LogP contribution >= 0.6 is 0 Å². The molecule has 0 saturated heterocycles. The molecule has 2 atom stereocenters. The molecule has 0 amide bonds. The first kappa shape index (κ1) is 12.7. The average molecular weight is 220 g/mol. The molecule has 0 radical (unpaired) electrons. The molecule has 0 bridgehead atoms. The van der Waals surface area contributed by atoms with Crippen molar-refractivity contribution >= 4 is 0 Å². The van der Waals surface area contributed by atoms with Crippen LogP contribution < -0.4 is 5.73 Å². The van der Waals surface area contributed by atoms with Crippen LogP contribution in [0.5, 0.6) is 0 Å². The van der Waals surface area contributed by atoms with Crippen LogP contribution in [-0.2, 0) is 4.74 Å². The Morgan fingerprint density at radius 1 is 1.31 bits per heavy atom. The van der Waals surface area contributed by atoms with Crippen molar-refractivity contribution < 1.29 is 4.74 Å². The van der Waals surface area contributed by atoms with Crippen molar-refractivity contribution in [2.24, 2.45) is 5.73 Å². The standard InChI is InChI=1S/C13H20N2O/c1-10(2)16-9-7-12(11(3)14)13-6-4-5-8-15-13/h4-12H,14H2,1-3H3. The molecular weight excluding hydrogens is 200 g/mol. The normalized spacial score (nSPS) is 15.3. The highest BCUT2D eigenvalue weighted by Gasteiger charge is 2.13. The second-order valence-electron chi connectivity index (χ2n) is 4.15. The minimum atomic E-state index is 0.0157. The number of ether oxygens (including phenoxy) is 1. The molecule has 3 heteroatoms. The van der Waals surface area contributed by atoms with Crippen LogP contribution in [-0.4, -0.2) is 17.1 Å². The van der Waals surface area contributed by atoms with Crippen molar-refractivity contribution in [1.82, 2.24) is 4.98 Å². The minimum Gasteiger partial charge on any atom is -0.499 e. The van der Waals surface area contributed by atoms with E-state index in [1.165, 1.54) is 0 Å². The molecule has 0 aliphatic rings. The molecule has 1 aromatic heterocycles. The molecule has 2 unspecified atom stereocenters. The quantitative estimate of drug-likeness (QED) is 0.775. The zero-order chi connectivity index (χ0) is 12.0. The van der Waals surface area contributed by atoms with Crippen LogP contribution in [0.15, 0.2) is 36.7 Å². The van der Waals surface area contributed by atoms with Gasteiger partial charge in [-0.2, -0.15) is 0 Å². The Hall–Kier alpha value is -1.35. The molecule has 1 aromatic rings. The number of hydrogen-bond acceptors (Lipinski definition) is 3. The molecule has 0 saturated carbocycles. The van der Waals surface area contributed by atoms with Crippen molar-refractivity contribution in [3.05, 3.63) is 42.4 Å². The summed E-state index contributed by atoms with van der Waals surface area (Å²) in [4.78, 5) is 4.31. The zero-order valence-electron chi connectivity index (χ0n) is 10.1. The molecule has 0 aliphatic heterocycles. The summed E-state index contributed by atoms with van der Waals surface area (Å²) in [5.41, 5.74) is 6.91. The van der Waals surface area contributed by atoms with Gasteiger partial charge >= 0.3 is 0 Å². The molecule has 0 aliphatic carbocycles. The van der Waals surface area contributed by atoms with Crippen molar-refractivity contribution in [3.63, 3.8) is 0 Å². The van der Waals surface area contributed by atoms with E-state index in [9.17, 15) is 0 Å². The second-order valence-corrected chi connectivity index (χ2v) is 4.15. The lowest BCUT2D eigenvalue weighted by Crippen LogP contribution is -2.24. The molecule has 0 spiro atoms. The van der Waals surface area contributed by atoms with Crippen molar-refractivity contribution in [2.75, 3.05) is 0 Å². The molecule has 88 valence electrons. The summed E-state index contributed by atoms with van der Waals surface area (Å²) >= 11 is 0. The van der Waals surface area contributed by atoms with Gasteiger partial charge in [-0.25, -0.2) is 0 Å². The van der Waals surface area contributed by atoms with Gasteiger partial charge in [-0.15, -0.1) is 0 Å². The van der Waals surface area contributed by atoms with E-state index in [2.05, 4.69) is 4.98 Å². The van der Waals surface area contributed by atoms with Crippen LogP contribution in [0.1, 0.15) is 32.4 Å². The summed E-state index contributed by atoms with van der Waals surface area (Å²) < 4.78 is 5.38. The number of nitrogens with zero attached hydrogens (tertiary/aromatic N) is 1. The van der Waals surface area contributed by atoms with Gasteiger partial charge in [0.2, 0.25) is 0 Å². The van der Waals surface area contributed by atoms with E-state index in [4.69, 9.17) is 10.5 Å². The van der Waals surface area contributed by atoms with Gasteiger partial charge in [0, 0.05) is 23.9 Å². The smallest absolute Gasteiger partial charge is 0.0922 e. The number of nitrogens with two attached hydrogens (primary N) is 1. The number of rotatable bonds is 5. The number of aromatic nitrogens is 1. The maximum Gasteiger partial charge on any atom is 0.0922 e. The fraction of sp³-hybridized carbons (Fsp3) is 0.462. The van der Waals surface area contributed by atoms with E-state index in [0.717, 1.165) is 5.69 Å². The number of hydrogen-bond donors (Lipinski definition) is 1. The van der Waals surface area contributed by atoms with Crippen molar-refractivity contribution in [2.45, 2.75) is 38.8 Å². The van der Waals surface area contributed by atoms with Gasteiger partial charge in [-0.05, 0) is 39.0 Å². The minimum absolute atomic E-state index is 0.0157. The molecule has 2 N–H and O–H groups in total. The van der Waals surface area contributed by atoms with E-state index in [1.807, 2.05) is 45.0 Å². The van der Waals surface area contributed by atoms with Crippen LogP contribution in [0.2, 0.25) is 0 Å². The van der Waals surface area contributed by atoms with Crippen molar-refractivity contribution in [1.29, 1.82) is 0 Å². The Labute approximate surface area is 97.3 Å². The second kappa shape index (κ2) is 6.28. The summed E-state index contributed by atoms with van der Waals surface area (Å²) in [6.07, 6.45) is 5.65. The van der Waals surface area contributed by atoms with E-state index < -0.39 is 0 Å². The predicted molar refractivity (Wildman–Crippen MR) is 66.0 cm³/mol. The molecule has 1 rings (SSSR count). The maximum absolute atomic E-state index is 5.94. The Kier molecular flexibility index (Phi) is 4.99. The first-order valence-corrected chi connectivity index (χ1v) is 5.60. The topological polar surface area (TPSA) is 48.1 Å². The Morgan fingerprint density at radius 3 is 2.56 bits per heavy atom. The molecule has 3 nitrogen and oxygen atoms in total. The Bertz CT molecular complexity index is 320. The molecule has 0 fully saturated rings. The third kappa shape index (κ3) is 4.03. The Balaban J connectivity index is 2.73. The lowest BCUT2D eigenvalue weighted by atomic mass is 9.97. The van der Waals surface area contributed by atoms with E-state index >= 15 is 0 Å². The van der Waals surface area contributed by atoms with E-state index in [-0.39, 0.29) is 18.1 Å². The van der Waals surface area contributed by atoms with E-state index in [1.54, 1.807) is 12.5 Å². The van der Waals surface area contributed by atoms with Gasteiger partial charge in [-0.1, -0.05) is 6.07 Å². The summed E-state index contributed by atoms with van der Waals surface area (Å²) in [5, 5.41) is 0. The lowest BCUT2D eigenvalue weighted by Gasteiger charge is -2.16. The van der Waals surface area contributed by atoms with Gasteiger partial charge in [0.05, 0.1) is 12.4 Å². The van der Waals surface area contributed by atoms with Gasteiger partial charge in [0.15, 0.2) is 0 Å². The van der Waals surface area contributed by atoms with Crippen LogP contribution in [0.4, 0.5) is 0 Å². The van der Waals surface area contributed by atoms with Crippen LogP contribution in [0, 0.1) is 0 Å². The highest BCUT2D eigenvalue weighted by Crippen LogP contribution is 2.17. The van der Waals surface area contributed by atoms with Crippen LogP contribution in [0.25, 0.3) is 0 Å². The number of pyridine rings is 1. The SMILES string of the molecule is CC(C)OC=CC(c1ccccn1)C(C)N. The first-order valence-electron chi connectivity index (χ1n) is 5.60. The molecular formula is C13H20N2O. The van der Waals surface area contributed by atoms with E-state index in [0.29, 0.717) is 0 Å². The van der Waals surface area contributed by atoms with Gasteiger partial charge in [-0.3, -0.25) is 4.98 Å². The third-order valence-electron chi connectivity index (χ3n) is 2.23. The summed E-state index contributed by atoms with van der Waals surface area (Å²) in [6.45, 7) is 5.96. The highest BCUT2D eigenvalue weighted by molar-refractivity contribution is 5.17. The van der Waals surface area contributed by atoms with Crippen molar-refractivity contribution in [3.8, 4) is 0 Å². The average Bonchev–Trinajstić information content (AvgIpc) is 2.25. The zero-order valence-corrected chi connectivity index (χ0v) is 10.1. The molecule has 1 heterocycles. The maximum atomic E-state index is 5.94. The summed E-state index contributed by atoms with van der Waals surface area (Å²) in [6, 6.07) is 5.86. The van der Waals surface area contributed by atoms with Gasteiger partial charge < -0.3 is 10.5 Å². The summed E-state index contributed by atoms with van der Waals surface area (Å²) in [5.74, 6) is 0.0972. The van der Waals surface area contributed by atoms with Gasteiger partial charge in [0.1, 0.15) is 0 Å². The lowest BCUT2D eigenvalue weighted by molar-refractivity contribution is 0.178. The fourth-order valence-electron chi connectivity index (χ4n) is 1.40. The fourth-order valence-corrected chi connectivity index (χ4v) is 1.40. The first-order chi connectivity index (χ1) is 7.61. The molecule has 16 heavy (non-hydrogen) atoms. The summed E-state index contributed by atoms with van der Waals surface area (Å²) in [7, 11) is 0. The monoisotopic (exact) mass is 220 g/mol. The van der Waals surface area contributed by atoms with Crippen LogP contribution in [0.3, 0.4) is 0 Å². The third-order valence-corrected chi connectivity index (χ3v) is 2.23. The van der Waals surface area contributed by atoms with Gasteiger partial charge in [0.25, 0.3) is 0 Å². The predicted octanol–water partition coefficient (Wildman–Crippen LogP) is 2.45. The largest absolute Gasteiger partial charge is 0.499 e. The Morgan fingerprint density at radius 2 is 2.06 bits per heavy atom. The highest BCUT2D eigenvalue weighted by atomic mass is 16.5.